The molecule has 0 bridgehead atoms. The molecule has 3 fully saturated rings. The van der Waals surface area contributed by atoms with Crippen molar-refractivity contribution in [3.8, 4) is 5.75 Å². The summed E-state index contributed by atoms with van der Waals surface area (Å²) in [5.41, 5.74) is 4.30. The molecule has 0 unspecified atom stereocenters. The number of nitrogens with zero attached hydrogens (tertiary/aromatic N) is 6. The molecular weight excluding hydrogens is 450 g/mol. The molecule has 1 N–H and O–H groups in total. The summed E-state index contributed by atoms with van der Waals surface area (Å²) in [5, 5.41) is 9.50. The average molecular weight is 482 g/mol. The minimum absolute atomic E-state index is 0.554. The maximum absolute atomic E-state index is 6.52. The lowest BCUT2D eigenvalue weighted by atomic mass is 10.1. The molecule has 6 rings (SSSR count). The zero-order valence-electron chi connectivity index (χ0n) is 19.8. The van der Waals surface area contributed by atoms with Gasteiger partial charge in [-0.2, -0.15) is 5.10 Å². The Morgan fingerprint density at radius 2 is 1.79 bits per heavy atom. The highest BCUT2D eigenvalue weighted by atomic mass is 35.5. The van der Waals surface area contributed by atoms with Gasteiger partial charge < -0.3 is 14.5 Å². The first-order valence-corrected chi connectivity index (χ1v) is 12.9. The van der Waals surface area contributed by atoms with Crippen LogP contribution in [-0.2, 0) is 0 Å². The van der Waals surface area contributed by atoms with Gasteiger partial charge in [-0.15, -0.1) is 0 Å². The number of anilines is 2. The molecule has 4 heterocycles. The smallest absolute Gasteiger partial charge is 0.161 e. The van der Waals surface area contributed by atoms with E-state index < -0.39 is 0 Å². The first-order chi connectivity index (χ1) is 16.7. The van der Waals surface area contributed by atoms with Crippen molar-refractivity contribution in [1.82, 2.24) is 25.1 Å². The van der Waals surface area contributed by atoms with E-state index in [4.69, 9.17) is 16.3 Å². The van der Waals surface area contributed by atoms with Crippen LogP contribution in [0.15, 0.2) is 18.5 Å². The lowest BCUT2D eigenvalue weighted by Crippen LogP contribution is -2.47. The molecule has 8 nitrogen and oxygen atoms in total. The van der Waals surface area contributed by atoms with Crippen molar-refractivity contribution in [3.63, 3.8) is 0 Å². The summed E-state index contributed by atoms with van der Waals surface area (Å²) in [6.45, 7) is 9.77. The number of ether oxygens (including phenoxy) is 1. The average Bonchev–Trinajstić information content (AvgIpc) is 3.38. The predicted octanol–water partition coefficient (Wildman–Crippen LogP) is 3.99. The summed E-state index contributed by atoms with van der Waals surface area (Å²) < 4.78 is 6.19. The molecule has 1 aliphatic carbocycles. The molecular formula is C25H32ClN7O. The van der Waals surface area contributed by atoms with Crippen molar-refractivity contribution >= 4 is 34.1 Å². The quantitative estimate of drug-likeness (QED) is 0.546. The van der Waals surface area contributed by atoms with E-state index in [0.717, 1.165) is 77.3 Å². The van der Waals surface area contributed by atoms with Crippen LogP contribution in [0.25, 0.3) is 11.0 Å². The van der Waals surface area contributed by atoms with E-state index in [9.17, 15) is 0 Å². The highest BCUT2D eigenvalue weighted by Crippen LogP contribution is 2.43. The van der Waals surface area contributed by atoms with Crippen molar-refractivity contribution in [2.45, 2.75) is 38.5 Å². The normalized spacial score (nSPS) is 19.4. The fourth-order valence-electron chi connectivity index (χ4n) is 5.33. The molecule has 3 aliphatic rings. The van der Waals surface area contributed by atoms with Crippen molar-refractivity contribution in [2.75, 3.05) is 62.2 Å². The molecule has 9 heteroatoms. The lowest BCUT2D eigenvalue weighted by Gasteiger charge is -2.37. The number of nitrogens with one attached hydrogen (secondary N) is 1. The molecule has 2 aromatic heterocycles. The number of likely N-dealkylation sites (tertiary alicyclic amines) is 1. The van der Waals surface area contributed by atoms with Crippen LogP contribution in [0.3, 0.4) is 0 Å². The highest BCUT2D eigenvalue weighted by Gasteiger charge is 2.31. The second-order valence-corrected chi connectivity index (χ2v) is 10.2. The van der Waals surface area contributed by atoms with E-state index in [1.165, 1.54) is 38.8 Å². The van der Waals surface area contributed by atoms with Gasteiger partial charge in [0.05, 0.1) is 11.1 Å². The molecule has 0 spiro atoms. The minimum Gasteiger partial charge on any atom is -0.492 e. The fourth-order valence-corrected chi connectivity index (χ4v) is 5.53. The number of fused-ring (bicyclic) bond motifs is 1. The van der Waals surface area contributed by atoms with Crippen molar-refractivity contribution < 1.29 is 4.74 Å². The first-order valence-electron chi connectivity index (χ1n) is 12.5. The number of aromatic nitrogens is 4. The number of hydrogen-bond donors (Lipinski definition) is 1. The molecule has 0 atom stereocenters. The highest BCUT2D eigenvalue weighted by molar-refractivity contribution is 6.31. The topological polar surface area (TPSA) is 73.4 Å². The number of halogens is 1. The Hall–Kier alpha value is -2.58. The van der Waals surface area contributed by atoms with Crippen LogP contribution >= 0.6 is 11.6 Å². The molecule has 2 aliphatic heterocycles. The summed E-state index contributed by atoms with van der Waals surface area (Å²) >= 11 is 6.52. The Morgan fingerprint density at radius 3 is 2.56 bits per heavy atom. The van der Waals surface area contributed by atoms with E-state index in [1.807, 2.05) is 6.07 Å². The fraction of sp³-hybridized carbons (Fsp3) is 0.560. The number of aromatic amines is 1. The summed E-state index contributed by atoms with van der Waals surface area (Å²) in [5.74, 6) is 2.46. The Kier molecular flexibility index (Phi) is 5.95. The minimum atomic E-state index is 0.554. The molecule has 2 saturated heterocycles. The van der Waals surface area contributed by atoms with Crippen molar-refractivity contribution in [3.05, 3.63) is 34.7 Å². The van der Waals surface area contributed by atoms with E-state index >= 15 is 0 Å². The van der Waals surface area contributed by atoms with Crippen LogP contribution in [0.5, 0.6) is 5.75 Å². The summed E-state index contributed by atoms with van der Waals surface area (Å²) in [6.07, 6.45) is 6.66. The number of benzene rings is 1. The third-order valence-corrected chi connectivity index (χ3v) is 7.63. The van der Waals surface area contributed by atoms with E-state index in [-0.39, 0.29) is 0 Å². The lowest BCUT2D eigenvalue weighted by molar-refractivity contribution is 0.237. The summed E-state index contributed by atoms with van der Waals surface area (Å²) in [4.78, 5) is 16.3. The van der Waals surface area contributed by atoms with E-state index in [2.05, 4.69) is 47.9 Å². The van der Waals surface area contributed by atoms with Gasteiger partial charge in [0.1, 0.15) is 24.5 Å². The second kappa shape index (κ2) is 9.23. The van der Waals surface area contributed by atoms with Gasteiger partial charge in [0.15, 0.2) is 5.65 Å². The Balaban J connectivity index is 1.16. The number of rotatable bonds is 7. The Bertz CT molecular complexity index is 1160. The third-order valence-electron chi connectivity index (χ3n) is 7.41. The van der Waals surface area contributed by atoms with Crippen LogP contribution in [0.4, 0.5) is 11.5 Å². The molecule has 180 valence electrons. The number of piperazine rings is 1. The van der Waals surface area contributed by atoms with Crippen LogP contribution in [0.1, 0.15) is 42.9 Å². The number of hydrogen-bond acceptors (Lipinski definition) is 7. The van der Waals surface area contributed by atoms with Crippen LogP contribution in [0.2, 0.25) is 5.02 Å². The molecule has 0 amide bonds. The van der Waals surface area contributed by atoms with Gasteiger partial charge in [-0.1, -0.05) is 11.6 Å². The summed E-state index contributed by atoms with van der Waals surface area (Å²) in [6, 6.07) is 4.03. The molecule has 1 aromatic carbocycles. The Morgan fingerprint density at radius 1 is 1.03 bits per heavy atom. The van der Waals surface area contributed by atoms with Crippen LogP contribution < -0.4 is 14.5 Å². The second-order valence-electron chi connectivity index (χ2n) is 9.72. The standard InChI is InChI=1S/C25H32ClN7O/c1-17-20(14-19(26)15-21(17)34-13-12-31-6-2-3-7-31)32-8-10-33(11-9-32)25-22-23(18-4-5-18)29-30-24(22)27-16-28-25/h14-16,18H,2-13H2,1H3,(H,27,28,29,30). The number of H-pyrrole nitrogens is 1. The van der Waals surface area contributed by atoms with E-state index in [0.29, 0.717) is 12.5 Å². The first kappa shape index (κ1) is 21.9. The maximum Gasteiger partial charge on any atom is 0.161 e. The molecule has 1 saturated carbocycles. The SMILES string of the molecule is Cc1c(OCCN2CCCC2)cc(Cl)cc1N1CCN(c2ncnc3[nH]nc(C4CC4)c23)CC1. The predicted molar refractivity (Wildman–Crippen MR) is 135 cm³/mol. The van der Waals surface area contributed by atoms with Crippen molar-refractivity contribution in [2.24, 2.45) is 0 Å². The summed E-state index contributed by atoms with van der Waals surface area (Å²) in [7, 11) is 0. The van der Waals surface area contributed by atoms with Gasteiger partial charge in [-0.25, -0.2) is 9.97 Å². The maximum atomic E-state index is 6.52. The van der Waals surface area contributed by atoms with Gasteiger partial charge in [-0.05, 0) is 57.8 Å². The van der Waals surface area contributed by atoms with Gasteiger partial charge >= 0.3 is 0 Å². The van der Waals surface area contributed by atoms with Gasteiger partial charge in [-0.3, -0.25) is 10.00 Å². The Labute approximate surface area is 205 Å². The van der Waals surface area contributed by atoms with Crippen LogP contribution in [0, 0.1) is 6.92 Å². The van der Waals surface area contributed by atoms with Gasteiger partial charge in [0.25, 0.3) is 0 Å². The van der Waals surface area contributed by atoms with E-state index in [1.54, 1.807) is 6.33 Å². The van der Waals surface area contributed by atoms with Gasteiger partial charge in [0, 0.05) is 54.9 Å². The van der Waals surface area contributed by atoms with Gasteiger partial charge in [0.2, 0.25) is 0 Å². The molecule has 3 aromatic rings. The monoisotopic (exact) mass is 481 g/mol. The third kappa shape index (κ3) is 4.29. The molecule has 34 heavy (non-hydrogen) atoms. The zero-order chi connectivity index (χ0) is 23.1. The van der Waals surface area contributed by atoms with Crippen molar-refractivity contribution in [1.29, 1.82) is 0 Å². The largest absolute Gasteiger partial charge is 0.492 e. The molecule has 0 radical (unpaired) electrons. The van der Waals surface area contributed by atoms with Crippen LogP contribution in [-0.4, -0.2) is 77.5 Å². The zero-order valence-corrected chi connectivity index (χ0v) is 20.5.